The van der Waals surface area contributed by atoms with E-state index in [1.165, 1.54) is 18.3 Å². The average molecular weight is 462 g/mol. The second kappa shape index (κ2) is 9.70. The van der Waals surface area contributed by atoms with Gasteiger partial charge in [-0.3, -0.25) is 9.59 Å². The molecule has 8 heteroatoms. The molecule has 0 radical (unpaired) electrons. The molecule has 0 unspecified atom stereocenters. The molecule has 4 rings (SSSR count). The molecule has 168 valence electrons. The van der Waals surface area contributed by atoms with E-state index in [0.29, 0.717) is 36.0 Å². The van der Waals surface area contributed by atoms with Crippen molar-refractivity contribution < 1.29 is 18.0 Å². The number of hydrogen-bond donors (Lipinski definition) is 2. The molecule has 2 amide bonds. The Balaban J connectivity index is 1.44. The summed E-state index contributed by atoms with van der Waals surface area (Å²) in [5.74, 6) is -0.543. The molecule has 7 nitrogen and oxygen atoms in total. The Morgan fingerprint density at radius 3 is 2.00 bits per heavy atom. The molecule has 2 N–H and O–H groups in total. The van der Waals surface area contributed by atoms with Crippen molar-refractivity contribution in [2.24, 2.45) is 0 Å². The van der Waals surface area contributed by atoms with Crippen LogP contribution in [0, 0.1) is 0 Å². The van der Waals surface area contributed by atoms with Crippen LogP contribution in [0.15, 0.2) is 96.0 Å². The number of aromatic nitrogens is 1. The third-order valence-electron chi connectivity index (χ3n) is 5.18. The maximum Gasteiger partial charge on any atom is 0.268 e. The Bertz CT molecular complexity index is 1380. The van der Waals surface area contributed by atoms with Crippen LogP contribution in [-0.2, 0) is 10.0 Å². The van der Waals surface area contributed by atoms with Crippen LogP contribution in [0.1, 0.15) is 27.1 Å². The normalized spacial score (nSPS) is 11.3. The molecule has 0 atom stereocenters. The molecule has 33 heavy (non-hydrogen) atoms. The summed E-state index contributed by atoms with van der Waals surface area (Å²) in [6.07, 6.45) is 1.89. The number of hydrogen-bond acceptors (Lipinski definition) is 4. The van der Waals surface area contributed by atoms with E-state index in [9.17, 15) is 18.0 Å². The summed E-state index contributed by atoms with van der Waals surface area (Å²) >= 11 is 0. The van der Waals surface area contributed by atoms with Crippen molar-refractivity contribution >= 4 is 32.7 Å². The topological polar surface area (TPSA) is 97.3 Å². The van der Waals surface area contributed by atoms with Crippen LogP contribution < -0.4 is 10.6 Å². The molecule has 0 aliphatic heterocycles. The van der Waals surface area contributed by atoms with Gasteiger partial charge in [0, 0.05) is 30.2 Å². The number of nitrogens with one attached hydrogen (secondary N) is 2. The van der Waals surface area contributed by atoms with E-state index in [-0.39, 0.29) is 22.3 Å². The highest BCUT2D eigenvalue weighted by molar-refractivity contribution is 7.90. The Morgan fingerprint density at radius 2 is 1.30 bits per heavy atom. The van der Waals surface area contributed by atoms with E-state index >= 15 is 0 Å². The number of benzene rings is 3. The number of carbonyl (C=O) groups excluding carboxylic acids is 2. The summed E-state index contributed by atoms with van der Waals surface area (Å²) in [5, 5.41) is 6.17. The van der Waals surface area contributed by atoms with Gasteiger partial charge in [-0.15, -0.1) is 0 Å². The van der Waals surface area contributed by atoms with Crippen LogP contribution in [0.3, 0.4) is 0 Å². The monoisotopic (exact) mass is 461 g/mol. The minimum absolute atomic E-state index is 0.145. The summed E-state index contributed by atoms with van der Waals surface area (Å²) in [6, 6.07) is 23.9. The molecular formula is C25H23N3O4S. The molecule has 0 aliphatic rings. The number of amides is 2. The molecule has 1 heterocycles. The third kappa shape index (κ3) is 4.80. The van der Waals surface area contributed by atoms with E-state index in [0.717, 1.165) is 3.97 Å². The second-order valence-corrected chi connectivity index (χ2v) is 9.22. The van der Waals surface area contributed by atoms with Crippen molar-refractivity contribution in [3.63, 3.8) is 0 Å². The lowest BCUT2D eigenvalue weighted by molar-refractivity contribution is 0.0952. The van der Waals surface area contributed by atoms with E-state index in [1.54, 1.807) is 66.7 Å². The van der Waals surface area contributed by atoms with Crippen molar-refractivity contribution in [2.75, 3.05) is 13.1 Å². The maximum atomic E-state index is 13.2. The van der Waals surface area contributed by atoms with Gasteiger partial charge in [0.05, 0.1) is 16.0 Å². The van der Waals surface area contributed by atoms with Gasteiger partial charge in [-0.2, -0.15) is 0 Å². The van der Waals surface area contributed by atoms with Crippen LogP contribution in [0.25, 0.3) is 10.9 Å². The fraction of sp³-hybridized carbons (Fsp3) is 0.120. The molecule has 0 spiro atoms. The van der Waals surface area contributed by atoms with Gasteiger partial charge in [-0.1, -0.05) is 54.6 Å². The summed E-state index contributed by atoms with van der Waals surface area (Å²) in [7, 11) is -3.85. The zero-order chi connectivity index (χ0) is 23.3. The van der Waals surface area contributed by atoms with Gasteiger partial charge in [0.2, 0.25) is 0 Å². The van der Waals surface area contributed by atoms with Crippen LogP contribution >= 0.6 is 0 Å². The molecule has 4 aromatic rings. The molecule has 0 saturated heterocycles. The first-order valence-corrected chi connectivity index (χ1v) is 11.9. The zero-order valence-corrected chi connectivity index (χ0v) is 18.6. The molecule has 0 aliphatic carbocycles. The highest BCUT2D eigenvalue weighted by Crippen LogP contribution is 2.26. The summed E-state index contributed by atoms with van der Waals surface area (Å²) in [5.41, 5.74) is 1.29. The lowest BCUT2D eigenvalue weighted by atomic mass is 10.1. The van der Waals surface area contributed by atoms with Crippen LogP contribution in [0.2, 0.25) is 0 Å². The van der Waals surface area contributed by atoms with E-state index in [2.05, 4.69) is 10.6 Å². The summed E-state index contributed by atoms with van der Waals surface area (Å²) in [4.78, 5) is 25.1. The molecule has 0 saturated carbocycles. The smallest absolute Gasteiger partial charge is 0.268 e. The second-order valence-electron chi connectivity index (χ2n) is 7.41. The fourth-order valence-corrected chi connectivity index (χ4v) is 4.91. The quantitative estimate of drug-likeness (QED) is 0.393. The first-order chi connectivity index (χ1) is 16.0. The minimum Gasteiger partial charge on any atom is -0.352 e. The van der Waals surface area contributed by atoms with E-state index in [1.807, 2.05) is 6.07 Å². The average Bonchev–Trinajstić information content (AvgIpc) is 3.25. The van der Waals surface area contributed by atoms with Crippen LogP contribution in [0.5, 0.6) is 0 Å². The first kappa shape index (κ1) is 22.3. The van der Waals surface area contributed by atoms with Crippen LogP contribution in [0.4, 0.5) is 0 Å². The predicted octanol–water partition coefficient (Wildman–Crippen LogP) is 3.43. The fourth-order valence-electron chi connectivity index (χ4n) is 3.51. The number of rotatable bonds is 8. The molecular weight excluding hydrogens is 438 g/mol. The molecule has 3 aromatic carbocycles. The Kier molecular flexibility index (Phi) is 6.55. The zero-order valence-electron chi connectivity index (χ0n) is 17.8. The predicted molar refractivity (Wildman–Crippen MR) is 127 cm³/mol. The maximum absolute atomic E-state index is 13.2. The standard InChI is InChI=1S/C25H23N3O4S/c29-24(19-10-3-1-4-11-19)26-16-9-17-27-25(30)22-18-28(23-15-8-7-14-21(22)23)33(31,32)20-12-5-2-6-13-20/h1-8,10-15,18H,9,16-17H2,(H,26,29)(H,27,30). The van der Waals surface area contributed by atoms with Crippen LogP contribution in [-0.4, -0.2) is 37.3 Å². The number of carbonyl (C=O) groups is 2. The summed E-state index contributed by atoms with van der Waals surface area (Å²) in [6.45, 7) is 0.733. The third-order valence-corrected chi connectivity index (χ3v) is 6.87. The van der Waals surface area contributed by atoms with Gasteiger partial charge >= 0.3 is 0 Å². The molecule has 0 fully saturated rings. The molecule has 1 aromatic heterocycles. The van der Waals surface area contributed by atoms with Gasteiger partial charge in [0.1, 0.15) is 0 Å². The van der Waals surface area contributed by atoms with Crippen molar-refractivity contribution in [1.29, 1.82) is 0 Å². The Labute approximate surface area is 192 Å². The Morgan fingerprint density at radius 1 is 0.727 bits per heavy atom. The van der Waals surface area contributed by atoms with Gasteiger partial charge in [0.15, 0.2) is 0 Å². The first-order valence-electron chi connectivity index (χ1n) is 10.5. The van der Waals surface area contributed by atoms with Crippen molar-refractivity contribution in [1.82, 2.24) is 14.6 Å². The van der Waals surface area contributed by atoms with Gasteiger partial charge in [-0.25, -0.2) is 12.4 Å². The highest BCUT2D eigenvalue weighted by Gasteiger charge is 2.23. The van der Waals surface area contributed by atoms with E-state index < -0.39 is 10.0 Å². The van der Waals surface area contributed by atoms with Gasteiger partial charge < -0.3 is 10.6 Å². The Hall–Kier alpha value is -3.91. The lowest BCUT2D eigenvalue weighted by Crippen LogP contribution is -2.29. The van der Waals surface area contributed by atoms with Crippen molar-refractivity contribution in [2.45, 2.75) is 11.3 Å². The number of fused-ring (bicyclic) bond motifs is 1. The summed E-state index contributed by atoms with van der Waals surface area (Å²) < 4.78 is 27.5. The van der Waals surface area contributed by atoms with Gasteiger partial charge in [0.25, 0.3) is 21.8 Å². The largest absolute Gasteiger partial charge is 0.352 e. The highest BCUT2D eigenvalue weighted by atomic mass is 32.2. The van der Waals surface area contributed by atoms with E-state index in [4.69, 9.17) is 0 Å². The van der Waals surface area contributed by atoms with Crippen molar-refractivity contribution in [3.8, 4) is 0 Å². The molecule has 0 bridgehead atoms. The number of para-hydroxylation sites is 1. The SMILES string of the molecule is O=C(NCCCNC(=O)c1cn(S(=O)(=O)c2ccccc2)c2ccccc12)c1ccccc1. The lowest BCUT2D eigenvalue weighted by Gasteiger charge is -2.07. The van der Waals surface area contributed by atoms with Gasteiger partial charge in [-0.05, 0) is 36.8 Å². The minimum atomic E-state index is -3.85. The van der Waals surface area contributed by atoms with Crippen molar-refractivity contribution in [3.05, 3.63) is 102 Å². The number of nitrogens with zero attached hydrogens (tertiary/aromatic N) is 1.